The number of fused-ring (bicyclic) bond motifs is 5. The molecule has 4 aliphatic rings. The molecular weight excluding hydrogens is 676 g/mol. The Hall–Kier alpha value is -2.69. The number of hydrogen-bond acceptors (Lipinski definition) is 10. The molecule has 0 amide bonds. The van der Waals surface area contributed by atoms with Crippen LogP contribution < -0.4 is 0 Å². The third-order valence-corrected chi connectivity index (χ3v) is 13.2. The van der Waals surface area contributed by atoms with E-state index in [0.717, 1.165) is 24.0 Å². The highest BCUT2D eigenvalue weighted by atomic mass is 16.6. The number of Topliss-reactive ketones (excluding diaryl/α,β-unsaturated/α-hetero) is 3. The van der Waals surface area contributed by atoms with Gasteiger partial charge in [-0.1, -0.05) is 57.8 Å². The maximum absolute atomic E-state index is 14.8. The van der Waals surface area contributed by atoms with Crippen molar-refractivity contribution in [3.05, 3.63) is 22.8 Å². The summed E-state index contributed by atoms with van der Waals surface area (Å²) in [5.74, 6) is -4.42. The summed E-state index contributed by atoms with van der Waals surface area (Å²) in [5.41, 5.74) is -2.08. The van der Waals surface area contributed by atoms with Crippen molar-refractivity contribution in [2.75, 3.05) is 7.11 Å². The van der Waals surface area contributed by atoms with Crippen LogP contribution in [0.15, 0.2) is 22.8 Å². The van der Waals surface area contributed by atoms with Gasteiger partial charge >= 0.3 is 11.9 Å². The van der Waals surface area contributed by atoms with Crippen LogP contribution in [0.1, 0.15) is 139 Å². The van der Waals surface area contributed by atoms with Gasteiger partial charge in [-0.05, 0) is 83.6 Å². The van der Waals surface area contributed by atoms with Crippen LogP contribution in [0.25, 0.3) is 0 Å². The number of ketones is 3. The van der Waals surface area contributed by atoms with Gasteiger partial charge in [-0.15, -0.1) is 0 Å². The zero-order chi connectivity index (χ0) is 39.6. The molecule has 2 fully saturated rings. The van der Waals surface area contributed by atoms with Crippen molar-refractivity contribution in [2.24, 2.45) is 40.9 Å². The number of aliphatic hydroxyl groups excluding tert-OH is 1. The summed E-state index contributed by atoms with van der Waals surface area (Å²) in [6.45, 7) is 16.4. The maximum atomic E-state index is 14.8. The van der Waals surface area contributed by atoms with Gasteiger partial charge in [-0.3, -0.25) is 24.0 Å². The summed E-state index contributed by atoms with van der Waals surface area (Å²) in [6.07, 6.45) is 3.33. The first-order valence-electron chi connectivity index (χ1n) is 20.0. The lowest BCUT2D eigenvalue weighted by atomic mass is 9.52. The van der Waals surface area contributed by atoms with Crippen LogP contribution in [0.4, 0.5) is 0 Å². The Balaban J connectivity index is 1.97. The van der Waals surface area contributed by atoms with Crippen LogP contribution in [-0.2, 0) is 38.2 Å². The summed E-state index contributed by atoms with van der Waals surface area (Å²) in [5, 5.41) is 24.3. The van der Waals surface area contributed by atoms with Crippen LogP contribution >= 0.6 is 0 Å². The number of allylic oxidation sites excluding steroid dienone is 3. The average molecular weight is 743 g/mol. The largest absolute Gasteiger partial charge is 0.469 e. The van der Waals surface area contributed by atoms with E-state index in [2.05, 4.69) is 0 Å². The van der Waals surface area contributed by atoms with E-state index in [-0.39, 0.29) is 67.2 Å². The van der Waals surface area contributed by atoms with Crippen LogP contribution in [0.3, 0.4) is 0 Å². The van der Waals surface area contributed by atoms with E-state index in [0.29, 0.717) is 37.7 Å². The van der Waals surface area contributed by atoms with E-state index in [4.69, 9.17) is 14.2 Å². The number of methoxy groups -OCH3 is 1. The molecule has 2 N–H and O–H groups in total. The van der Waals surface area contributed by atoms with Gasteiger partial charge in [0.05, 0.1) is 36.4 Å². The Kier molecular flexibility index (Phi) is 13.8. The van der Waals surface area contributed by atoms with Gasteiger partial charge in [0.15, 0.2) is 0 Å². The molecular formula is C43H66O10. The highest BCUT2D eigenvalue weighted by Crippen LogP contribution is 2.56. The molecule has 298 valence electrons. The van der Waals surface area contributed by atoms with E-state index in [9.17, 15) is 34.2 Å². The monoisotopic (exact) mass is 742 g/mol. The molecule has 1 saturated carbocycles. The standard InChI is InChI=1S/C43H66O10/c1-24(2)30-21-33(45)27(5)13-11-12-25(3)19-34(46)31-20-28(6)39-32(43(31,23-35(30)47)40(49)51-10)18-26(4)14-15-38-42(9,53-29(7)44)17-16-37(52-38)41(8,50)22-36(39)48/h18,24-25,27,30-32,36-38,48,50H,11-17,19-23H2,1-10H3/b26-18+/t25-,27+,30-,31+,32-,36-,37+,38-,41-,42+,43+/m1/s1. The number of carbonyl (C=O) groups excluding carboxylic acids is 5. The third-order valence-electron chi connectivity index (χ3n) is 13.2. The molecule has 0 aromatic rings. The molecule has 53 heavy (non-hydrogen) atoms. The SMILES string of the molecule is COC(=O)[C@@]12CC(=O)[C@@H](C(C)C)CC(=O)[C@@H](C)CCC[C@@H](C)CC(=O)[C@@H]1CC(C)=C1[C@H](O)C[C@@](C)(O)[C@@H]3CC[C@](C)(OC(C)=O)[C@@H](CC/C(C)=C/[C@H]12)O3. The fraction of sp³-hybridized carbons (Fsp3) is 0.791. The minimum Gasteiger partial charge on any atom is -0.469 e. The number of hydrogen-bond donors (Lipinski definition) is 2. The molecule has 0 aromatic carbocycles. The molecule has 0 radical (unpaired) electrons. The molecule has 2 aliphatic heterocycles. The number of carbonyl (C=O) groups is 5. The fourth-order valence-corrected chi connectivity index (χ4v) is 9.97. The van der Waals surface area contributed by atoms with Crippen molar-refractivity contribution in [3.63, 3.8) is 0 Å². The first-order valence-corrected chi connectivity index (χ1v) is 20.0. The second kappa shape index (κ2) is 17.0. The van der Waals surface area contributed by atoms with Gasteiger partial charge in [0.2, 0.25) is 0 Å². The van der Waals surface area contributed by atoms with Crippen LogP contribution in [0.5, 0.6) is 0 Å². The smallest absolute Gasteiger partial charge is 0.313 e. The summed E-state index contributed by atoms with van der Waals surface area (Å²) < 4.78 is 18.0. The minimum absolute atomic E-state index is 0.00639. The zero-order valence-electron chi connectivity index (χ0n) is 33.9. The Morgan fingerprint density at radius 1 is 0.943 bits per heavy atom. The lowest BCUT2D eigenvalue weighted by molar-refractivity contribution is -0.230. The van der Waals surface area contributed by atoms with E-state index in [1.54, 1.807) is 6.92 Å². The van der Waals surface area contributed by atoms with Crippen molar-refractivity contribution in [3.8, 4) is 0 Å². The highest BCUT2D eigenvalue weighted by Gasteiger charge is 2.60. The second-order valence-corrected chi connectivity index (χ2v) is 18.0. The van der Waals surface area contributed by atoms with Gasteiger partial charge < -0.3 is 24.4 Å². The first kappa shape index (κ1) is 43.0. The maximum Gasteiger partial charge on any atom is 0.313 e. The van der Waals surface area contributed by atoms with Crippen LogP contribution in [-0.4, -0.2) is 76.1 Å². The molecule has 2 heterocycles. The van der Waals surface area contributed by atoms with Crippen molar-refractivity contribution >= 4 is 29.3 Å². The number of esters is 2. The van der Waals surface area contributed by atoms with Gasteiger partial charge in [-0.2, -0.15) is 0 Å². The molecule has 1 saturated heterocycles. The van der Waals surface area contributed by atoms with Gasteiger partial charge in [0.25, 0.3) is 0 Å². The van der Waals surface area contributed by atoms with E-state index in [1.165, 1.54) is 14.0 Å². The summed E-state index contributed by atoms with van der Waals surface area (Å²) >= 11 is 0. The topological polar surface area (TPSA) is 154 Å². The molecule has 0 aromatic heterocycles. The lowest BCUT2D eigenvalue weighted by Crippen LogP contribution is -2.57. The van der Waals surface area contributed by atoms with Crippen LogP contribution in [0, 0.1) is 40.9 Å². The van der Waals surface area contributed by atoms with Gasteiger partial charge in [-0.25, -0.2) is 0 Å². The van der Waals surface area contributed by atoms with Gasteiger partial charge in [0.1, 0.15) is 23.0 Å². The quantitative estimate of drug-likeness (QED) is 0.233. The van der Waals surface area contributed by atoms with E-state index < -0.39 is 64.6 Å². The summed E-state index contributed by atoms with van der Waals surface area (Å²) in [7, 11) is 1.27. The van der Waals surface area contributed by atoms with Gasteiger partial charge in [0, 0.05) is 56.3 Å². The second-order valence-electron chi connectivity index (χ2n) is 18.0. The van der Waals surface area contributed by atoms with Crippen LogP contribution in [0.2, 0.25) is 0 Å². The number of rotatable bonds is 3. The lowest BCUT2D eigenvalue weighted by Gasteiger charge is -2.51. The molecule has 4 rings (SSSR count). The predicted octanol–water partition coefficient (Wildman–Crippen LogP) is 6.82. The van der Waals surface area contributed by atoms with Crippen molar-refractivity contribution < 1.29 is 48.4 Å². The third kappa shape index (κ3) is 9.24. The van der Waals surface area contributed by atoms with Crippen molar-refractivity contribution in [2.45, 2.75) is 169 Å². The van der Waals surface area contributed by atoms with E-state index in [1.807, 2.05) is 54.5 Å². The molecule has 0 unspecified atom stereocenters. The molecule has 0 spiro atoms. The molecule has 11 atom stereocenters. The summed E-state index contributed by atoms with van der Waals surface area (Å²) in [4.78, 5) is 69.9. The minimum atomic E-state index is -1.71. The zero-order valence-corrected chi connectivity index (χ0v) is 33.9. The fourth-order valence-electron chi connectivity index (χ4n) is 9.97. The molecule has 10 heteroatoms. The molecule has 2 bridgehead atoms. The van der Waals surface area contributed by atoms with E-state index >= 15 is 0 Å². The first-order chi connectivity index (χ1) is 24.7. The number of ether oxygens (including phenoxy) is 3. The Morgan fingerprint density at radius 2 is 1.62 bits per heavy atom. The Morgan fingerprint density at radius 3 is 2.25 bits per heavy atom. The van der Waals surface area contributed by atoms with Crippen molar-refractivity contribution in [1.82, 2.24) is 0 Å². The predicted molar refractivity (Wildman–Crippen MR) is 200 cm³/mol. The molecule has 2 aliphatic carbocycles. The number of aliphatic hydroxyl groups is 2. The molecule has 10 nitrogen and oxygen atoms in total. The average Bonchev–Trinajstić information content (AvgIpc) is 3.05. The normalized spacial score (nSPS) is 40.8. The highest BCUT2D eigenvalue weighted by molar-refractivity contribution is 5.97. The Labute approximate surface area is 316 Å². The summed E-state index contributed by atoms with van der Waals surface area (Å²) in [6, 6.07) is 0. The van der Waals surface area contributed by atoms with Crippen molar-refractivity contribution in [1.29, 1.82) is 0 Å². The Bertz CT molecular complexity index is 1470.